The van der Waals surface area contributed by atoms with Gasteiger partial charge in [-0.15, -0.1) is 0 Å². The quantitative estimate of drug-likeness (QED) is 0.281. The summed E-state index contributed by atoms with van der Waals surface area (Å²) in [7, 11) is 0. The highest BCUT2D eigenvalue weighted by Gasteiger charge is 2.11. The molecule has 152 valence electrons. The fourth-order valence-electron chi connectivity index (χ4n) is 2.99. The molecule has 1 aliphatic rings. The van der Waals surface area contributed by atoms with Crippen LogP contribution >= 0.6 is 0 Å². The van der Waals surface area contributed by atoms with Crippen molar-refractivity contribution in [1.29, 1.82) is 0 Å². The van der Waals surface area contributed by atoms with Crippen LogP contribution in [0, 0.1) is 0 Å². The summed E-state index contributed by atoms with van der Waals surface area (Å²) >= 11 is 0. The molecule has 0 heterocycles. The Morgan fingerprint density at radius 1 is 0.714 bits per heavy atom. The van der Waals surface area contributed by atoms with Gasteiger partial charge in [0.05, 0.1) is 0 Å². The first-order valence-corrected chi connectivity index (χ1v) is 10.3. The van der Waals surface area contributed by atoms with E-state index in [0.717, 1.165) is 38.5 Å². The number of ketones is 2. The molecule has 0 saturated heterocycles. The maximum atomic E-state index is 11.7. The Morgan fingerprint density at radius 3 is 1.75 bits per heavy atom. The molecule has 28 heavy (non-hydrogen) atoms. The highest BCUT2D eigenvalue weighted by Crippen LogP contribution is 2.16. The predicted molar refractivity (Wildman–Crippen MR) is 120 cm³/mol. The number of hydrogen-bond donors (Lipinski definition) is 0. The molecule has 0 unspecified atom stereocenters. The standard InChI is InChI=1S/C26H36O2/c1-20(2)9-6-10-21(3)11-7-12-22(4)13-8-14-23(5)15-16-24-19-25(27)17-18-26(24)28/h9,11,13,15,17-19H,6-8,10,12,14,16H2,1-5H3. The monoisotopic (exact) mass is 380 g/mol. The lowest BCUT2D eigenvalue weighted by atomic mass is 9.98. The summed E-state index contributed by atoms with van der Waals surface area (Å²) in [6.45, 7) is 10.8. The average Bonchev–Trinajstić information content (AvgIpc) is 2.62. The van der Waals surface area contributed by atoms with Gasteiger partial charge in [-0.05, 0) is 97.8 Å². The third kappa shape index (κ3) is 10.8. The van der Waals surface area contributed by atoms with Gasteiger partial charge in [0.25, 0.3) is 0 Å². The van der Waals surface area contributed by atoms with E-state index in [1.807, 2.05) is 0 Å². The Hall–Kier alpha value is -2.22. The molecule has 0 N–H and O–H groups in total. The Bertz CT molecular complexity index is 732. The van der Waals surface area contributed by atoms with E-state index in [1.54, 1.807) is 0 Å². The third-order valence-corrected chi connectivity index (χ3v) is 4.86. The van der Waals surface area contributed by atoms with Crippen molar-refractivity contribution in [3.63, 3.8) is 0 Å². The SMILES string of the molecule is CC(C)=CCCC(C)=CCCC(C)=CCCC(C)=CCC1=CC(=O)C=CC1=O. The molecule has 0 spiro atoms. The van der Waals surface area contributed by atoms with Crippen LogP contribution in [-0.4, -0.2) is 11.6 Å². The lowest BCUT2D eigenvalue weighted by Crippen LogP contribution is -2.06. The van der Waals surface area contributed by atoms with Crippen LogP contribution in [0.1, 0.15) is 79.6 Å². The first-order chi connectivity index (χ1) is 13.3. The van der Waals surface area contributed by atoms with Gasteiger partial charge in [0.15, 0.2) is 11.6 Å². The first kappa shape index (κ1) is 23.8. The van der Waals surface area contributed by atoms with Crippen molar-refractivity contribution in [3.8, 4) is 0 Å². The molecule has 0 aliphatic heterocycles. The predicted octanol–water partition coefficient (Wildman–Crippen LogP) is 7.16. The summed E-state index contributed by atoms with van der Waals surface area (Å²) in [5, 5.41) is 0. The maximum Gasteiger partial charge on any atom is 0.182 e. The molecular weight excluding hydrogens is 344 g/mol. The molecule has 0 atom stereocenters. The van der Waals surface area contributed by atoms with Gasteiger partial charge in [-0.1, -0.05) is 46.6 Å². The zero-order chi connectivity index (χ0) is 20.9. The van der Waals surface area contributed by atoms with Crippen molar-refractivity contribution in [1.82, 2.24) is 0 Å². The second-order valence-corrected chi connectivity index (χ2v) is 8.02. The molecule has 0 bridgehead atoms. The fourth-order valence-corrected chi connectivity index (χ4v) is 2.99. The van der Waals surface area contributed by atoms with Crippen molar-refractivity contribution in [2.24, 2.45) is 0 Å². The second kappa shape index (κ2) is 13.0. The van der Waals surface area contributed by atoms with Crippen molar-refractivity contribution < 1.29 is 9.59 Å². The van der Waals surface area contributed by atoms with E-state index in [1.165, 1.54) is 40.5 Å². The molecule has 0 aromatic rings. The van der Waals surface area contributed by atoms with Gasteiger partial charge >= 0.3 is 0 Å². The van der Waals surface area contributed by atoms with Gasteiger partial charge in [0, 0.05) is 5.57 Å². The van der Waals surface area contributed by atoms with Gasteiger partial charge in [-0.3, -0.25) is 9.59 Å². The van der Waals surface area contributed by atoms with Gasteiger partial charge in [0.1, 0.15) is 0 Å². The van der Waals surface area contributed by atoms with Gasteiger partial charge in [0.2, 0.25) is 0 Å². The zero-order valence-corrected chi connectivity index (χ0v) is 18.3. The van der Waals surface area contributed by atoms with Crippen LogP contribution in [0.4, 0.5) is 0 Å². The average molecular weight is 381 g/mol. The van der Waals surface area contributed by atoms with Gasteiger partial charge < -0.3 is 0 Å². The summed E-state index contributed by atoms with van der Waals surface area (Å²) < 4.78 is 0. The van der Waals surface area contributed by atoms with Crippen LogP contribution in [0.5, 0.6) is 0 Å². The van der Waals surface area contributed by atoms with Crippen LogP contribution in [0.3, 0.4) is 0 Å². The molecule has 0 fully saturated rings. The Morgan fingerprint density at radius 2 is 1.21 bits per heavy atom. The zero-order valence-electron chi connectivity index (χ0n) is 18.3. The maximum absolute atomic E-state index is 11.7. The van der Waals surface area contributed by atoms with E-state index in [9.17, 15) is 9.59 Å². The molecule has 1 aliphatic carbocycles. The smallest absolute Gasteiger partial charge is 0.182 e. The highest BCUT2D eigenvalue weighted by molar-refractivity contribution is 6.17. The van der Waals surface area contributed by atoms with E-state index >= 15 is 0 Å². The Kier molecular flexibility index (Phi) is 11.1. The minimum atomic E-state index is -0.0968. The fraction of sp³-hybridized carbons (Fsp3) is 0.462. The topological polar surface area (TPSA) is 34.1 Å². The Balaban J connectivity index is 2.32. The second-order valence-electron chi connectivity index (χ2n) is 8.02. The van der Waals surface area contributed by atoms with E-state index in [2.05, 4.69) is 58.9 Å². The van der Waals surface area contributed by atoms with Crippen LogP contribution in [-0.2, 0) is 9.59 Å². The van der Waals surface area contributed by atoms with Crippen LogP contribution in [0.2, 0.25) is 0 Å². The first-order valence-electron chi connectivity index (χ1n) is 10.3. The van der Waals surface area contributed by atoms with E-state index < -0.39 is 0 Å². The third-order valence-electron chi connectivity index (χ3n) is 4.86. The molecule has 2 nitrogen and oxygen atoms in total. The molecular formula is C26H36O2. The van der Waals surface area contributed by atoms with Gasteiger partial charge in [-0.25, -0.2) is 0 Å². The molecule has 0 saturated carbocycles. The van der Waals surface area contributed by atoms with Crippen LogP contribution in [0.25, 0.3) is 0 Å². The van der Waals surface area contributed by atoms with Crippen molar-refractivity contribution in [2.75, 3.05) is 0 Å². The van der Waals surface area contributed by atoms with Crippen molar-refractivity contribution >= 4 is 11.6 Å². The van der Waals surface area contributed by atoms with Crippen LogP contribution < -0.4 is 0 Å². The molecule has 0 amide bonds. The number of rotatable bonds is 11. The Labute approximate surface area is 171 Å². The molecule has 1 rings (SSSR count). The minimum absolute atomic E-state index is 0.0522. The normalized spacial score (nSPS) is 15.8. The summed E-state index contributed by atoms with van der Waals surface area (Å²) in [6.07, 6.45) is 20.2. The molecule has 2 heteroatoms. The van der Waals surface area contributed by atoms with E-state index in [4.69, 9.17) is 0 Å². The van der Waals surface area contributed by atoms with Crippen molar-refractivity contribution in [2.45, 2.75) is 79.6 Å². The summed E-state index contributed by atoms with van der Waals surface area (Å²) in [5.74, 6) is -0.149. The lowest BCUT2D eigenvalue weighted by molar-refractivity contribution is -0.114. The number of carbonyl (C=O) groups is 2. The van der Waals surface area contributed by atoms with Crippen molar-refractivity contribution in [3.05, 3.63) is 70.4 Å². The number of carbonyl (C=O) groups excluding carboxylic acids is 2. The lowest BCUT2D eigenvalue weighted by Gasteiger charge is -2.05. The van der Waals surface area contributed by atoms with E-state index in [-0.39, 0.29) is 11.6 Å². The molecule has 0 aromatic carbocycles. The minimum Gasteiger partial charge on any atom is -0.290 e. The molecule has 0 aromatic heterocycles. The highest BCUT2D eigenvalue weighted by atomic mass is 16.1. The van der Waals surface area contributed by atoms with E-state index in [0.29, 0.717) is 12.0 Å². The summed E-state index contributed by atoms with van der Waals surface area (Å²) in [5.41, 5.74) is 6.15. The largest absolute Gasteiger partial charge is 0.290 e. The van der Waals surface area contributed by atoms with Gasteiger partial charge in [-0.2, -0.15) is 0 Å². The van der Waals surface area contributed by atoms with Crippen LogP contribution in [0.15, 0.2) is 70.4 Å². The molecule has 0 radical (unpaired) electrons. The number of allylic oxidation sites excluding steroid dienone is 12. The summed E-state index contributed by atoms with van der Waals surface area (Å²) in [6, 6.07) is 0. The number of hydrogen-bond acceptors (Lipinski definition) is 2. The summed E-state index contributed by atoms with van der Waals surface area (Å²) in [4.78, 5) is 23.1.